The van der Waals surface area contributed by atoms with E-state index in [0.29, 0.717) is 23.4 Å². The molecule has 0 saturated heterocycles. The van der Waals surface area contributed by atoms with Crippen molar-refractivity contribution in [1.29, 1.82) is 0 Å². The molecule has 7 heteroatoms. The number of fused-ring (bicyclic) bond motifs is 1. The molecule has 0 aliphatic carbocycles. The number of hydrogen-bond donors (Lipinski definition) is 3. The van der Waals surface area contributed by atoms with Gasteiger partial charge in [0, 0.05) is 0 Å². The minimum absolute atomic E-state index is 0.473. The summed E-state index contributed by atoms with van der Waals surface area (Å²) in [6.45, 7) is 2.02. The molecule has 0 unspecified atom stereocenters. The fourth-order valence-corrected chi connectivity index (χ4v) is 1.71. The zero-order chi connectivity index (χ0) is 13.0. The number of H-pyrrole nitrogens is 1. The molecule has 0 fully saturated rings. The first-order chi connectivity index (χ1) is 8.72. The van der Waals surface area contributed by atoms with Crippen molar-refractivity contribution < 1.29 is 9.90 Å². The van der Waals surface area contributed by atoms with Gasteiger partial charge in [-0.25, -0.2) is 19.7 Å². The first-order valence-corrected chi connectivity index (χ1v) is 5.85. The Morgan fingerprint density at radius 2 is 2.33 bits per heavy atom. The molecular formula is C11H15N5O2. The van der Waals surface area contributed by atoms with E-state index in [2.05, 4.69) is 25.3 Å². The number of nitrogens with one attached hydrogen (secondary N) is 2. The maximum Gasteiger partial charge on any atom is 0.326 e. The molecule has 18 heavy (non-hydrogen) atoms. The van der Waals surface area contributed by atoms with E-state index in [1.807, 2.05) is 6.92 Å². The van der Waals surface area contributed by atoms with Gasteiger partial charge in [0.25, 0.3) is 0 Å². The number of aliphatic carboxylic acids is 1. The number of imidazole rings is 1. The van der Waals surface area contributed by atoms with E-state index < -0.39 is 12.0 Å². The molecule has 0 aliphatic rings. The van der Waals surface area contributed by atoms with Crippen molar-refractivity contribution in [3.63, 3.8) is 0 Å². The van der Waals surface area contributed by atoms with E-state index in [-0.39, 0.29) is 0 Å². The van der Waals surface area contributed by atoms with E-state index in [0.717, 1.165) is 12.8 Å². The van der Waals surface area contributed by atoms with Crippen LogP contribution in [0.3, 0.4) is 0 Å². The highest BCUT2D eigenvalue weighted by atomic mass is 16.4. The smallest absolute Gasteiger partial charge is 0.326 e. The van der Waals surface area contributed by atoms with Crippen molar-refractivity contribution in [2.24, 2.45) is 0 Å². The van der Waals surface area contributed by atoms with Gasteiger partial charge in [0.1, 0.15) is 17.9 Å². The topological polar surface area (TPSA) is 104 Å². The molecule has 0 aromatic carbocycles. The molecule has 7 nitrogen and oxygen atoms in total. The van der Waals surface area contributed by atoms with Crippen LogP contribution in [-0.4, -0.2) is 37.1 Å². The minimum Gasteiger partial charge on any atom is -0.480 e. The van der Waals surface area contributed by atoms with Gasteiger partial charge in [-0.15, -0.1) is 0 Å². The number of unbranched alkanes of at least 4 members (excludes halogenated alkanes) is 1. The van der Waals surface area contributed by atoms with Gasteiger partial charge in [0.05, 0.1) is 6.33 Å². The minimum atomic E-state index is -0.880. The van der Waals surface area contributed by atoms with Gasteiger partial charge in [-0.1, -0.05) is 19.8 Å². The van der Waals surface area contributed by atoms with E-state index in [1.165, 1.54) is 12.7 Å². The van der Waals surface area contributed by atoms with Crippen LogP contribution < -0.4 is 5.32 Å². The lowest BCUT2D eigenvalue weighted by Gasteiger charge is -2.14. The first kappa shape index (κ1) is 12.3. The number of aromatic nitrogens is 4. The molecule has 96 valence electrons. The van der Waals surface area contributed by atoms with Gasteiger partial charge in [0.2, 0.25) is 0 Å². The normalized spacial score (nSPS) is 12.5. The predicted molar refractivity (Wildman–Crippen MR) is 66.3 cm³/mol. The third-order valence-electron chi connectivity index (χ3n) is 2.68. The molecule has 0 amide bonds. The SMILES string of the molecule is CCCC[C@H](Nc1ncnc2nc[nH]c12)C(=O)O. The van der Waals surface area contributed by atoms with Crippen LogP contribution in [0.15, 0.2) is 12.7 Å². The summed E-state index contributed by atoms with van der Waals surface area (Å²) in [4.78, 5) is 26.1. The second-order valence-corrected chi connectivity index (χ2v) is 4.00. The third-order valence-corrected chi connectivity index (χ3v) is 2.68. The predicted octanol–water partition coefficient (Wildman–Crippen LogP) is 1.41. The number of anilines is 1. The van der Waals surface area contributed by atoms with Crippen molar-refractivity contribution in [3.05, 3.63) is 12.7 Å². The zero-order valence-corrected chi connectivity index (χ0v) is 10.1. The van der Waals surface area contributed by atoms with Crippen molar-refractivity contribution in [2.75, 3.05) is 5.32 Å². The van der Waals surface area contributed by atoms with Gasteiger partial charge in [-0.05, 0) is 6.42 Å². The van der Waals surface area contributed by atoms with Gasteiger partial charge < -0.3 is 15.4 Å². The van der Waals surface area contributed by atoms with E-state index in [9.17, 15) is 4.79 Å². The molecule has 2 rings (SSSR count). The molecule has 0 saturated carbocycles. The van der Waals surface area contributed by atoms with Crippen LogP contribution in [0.2, 0.25) is 0 Å². The van der Waals surface area contributed by atoms with Crippen LogP contribution in [-0.2, 0) is 4.79 Å². The standard InChI is InChI=1S/C11H15N5O2/c1-2-3-4-7(11(17)18)16-10-8-9(13-5-12-8)14-6-15-10/h5-7H,2-4H2,1H3,(H,17,18)(H2,12,13,14,15,16)/t7-/m0/s1. The number of carboxylic acids is 1. The molecule has 3 N–H and O–H groups in total. The van der Waals surface area contributed by atoms with E-state index in [1.54, 1.807) is 0 Å². The number of carboxylic acid groups (broad SMARTS) is 1. The molecule has 0 bridgehead atoms. The Morgan fingerprint density at radius 3 is 3.06 bits per heavy atom. The van der Waals surface area contributed by atoms with Crippen LogP contribution in [0.1, 0.15) is 26.2 Å². The quantitative estimate of drug-likeness (QED) is 0.715. The van der Waals surface area contributed by atoms with Crippen LogP contribution in [0, 0.1) is 0 Å². The number of hydrogen-bond acceptors (Lipinski definition) is 5. The molecule has 0 aliphatic heterocycles. The number of rotatable bonds is 6. The summed E-state index contributed by atoms with van der Waals surface area (Å²) in [6, 6.07) is -0.647. The van der Waals surface area contributed by atoms with Crippen molar-refractivity contribution >= 4 is 23.0 Å². The fraction of sp³-hybridized carbons (Fsp3) is 0.455. The summed E-state index contributed by atoms with van der Waals surface area (Å²) in [6.07, 6.45) is 5.23. The lowest BCUT2D eigenvalue weighted by atomic mass is 10.1. The lowest BCUT2D eigenvalue weighted by Crippen LogP contribution is -2.29. The molecule has 2 aromatic heterocycles. The Morgan fingerprint density at radius 1 is 1.50 bits per heavy atom. The molecule has 0 radical (unpaired) electrons. The monoisotopic (exact) mass is 249 g/mol. The molecule has 2 aromatic rings. The fourth-order valence-electron chi connectivity index (χ4n) is 1.71. The lowest BCUT2D eigenvalue weighted by molar-refractivity contribution is -0.138. The average molecular weight is 249 g/mol. The summed E-state index contributed by atoms with van der Waals surface area (Å²) in [5.41, 5.74) is 1.15. The van der Waals surface area contributed by atoms with E-state index >= 15 is 0 Å². The Hall–Kier alpha value is -2.18. The summed E-state index contributed by atoms with van der Waals surface area (Å²) in [7, 11) is 0. The maximum atomic E-state index is 11.2. The molecule has 1 atom stereocenters. The van der Waals surface area contributed by atoms with Gasteiger partial charge >= 0.3 is 5.97 Å². The van der Waals surface area contributed by atoms with Crippen molar-refractivity contribution in [2.45, 2.75) is 32.2 Å². The highest BCUT2D eigenvalue weighted by molar-refractivity contribution is 5.85. The summed E-state index contributed by atoms with van der Waals surface area (Å²) < 4.78 is 0. The largest absolute Gasteiger partial charge is 0.480 e. The highest BCUT2D eigenvalue weighted by Crippen LogP contribution is 2.17. The average Bonchev–Trinajstić information content (AvgIpc) is 2.83. The number of aromatic amines is 1. The van der Waals surface area contributed by atoms with Crippen LogP contribution >= 0.6 is 0 Å². The van der Waals surface area contributed by atoms with Gasteiger partial charge in [0.15, 0.2) is 11.5 Å². The second-order valence-electron chi connectivity index (χ2n) is 4.00. The Balaban J connectivity index is 2.20. The third kappa shape index (κ3) is 2.55. The zero-order valence-electron chi connectivity index (χ0n) is 10.1. The second kappa shape index (κ2) is 5.44. The Bertz CT molecular complexity index is 539. The summed E-state index contributed by atoms with van der Waals surface area (Å²) >= 11 is 0. The summed E-state index contributed by atoms with van der Waals surface area (Å²) in [5.74, 6) is -0.407. The molecule has 0 spiro atoms. The van der Waals surface area contributed by atoms with Gasteiger partial charge in [-0.2, -0.15) is 0 Å². The summed E-state index contributed by atoms with van der Waals surface area (Å²) in [5, 5.41) is 12.1. The number of carbonyl (C=O) groups is 1. The van der Waals surface area contributed by atoms with Gasteiger partial charge in [-0.3, -0.25) is 0 Å². The van der Waals surface area contributed by atoms with Crippen LogP contribution in [0.25, 0.3) is 11.2 Å². The Kier molecular flexibility index (Phi) is 3.71. The van der Waals surface area contributed by atoms with E-state index in [4.69, 9.17) is 5.11 Å². The first-order valence-electron chi connectivity index (χ1n) is 5.85. The van der Waals surface area contributed by atoms with Crippen molar-refractivity contribution in [1.82, 2.24) is 19.9 Å². The van der Waals surface area contributed by atoms with Crippen LogP contribution in [0.5, 0.6) is 0 Å². The van der Waals surface area contributed by atoms with Crippen LogP contribution in [0.4, 0.5) is 5.82 Å². The van der Waals surface area contributed by atoms with Crippen molar-refractivity contribution in [3.8, 4) is 0 Å². The Labute approximate surface area is 104 Å². The molecule has 2 heterocycles. The maximum absolute atomic E-state index is 11.2. The highest BCUT2D eigenvalue weighted by Gasteiger charge is 2.18. The number of nitrogens with zero attached hydrogens (tertiary/aromatic N) is 3. The molecular weight excluding hydrogens is 234 g/mol.